The summed E-state index contributed by atoms with van der Waals surface area (Å²) in [6, 6.07) is 22.3. The maximum atomic E-state index is 13.1. The van der Waals surface area contributed by atoms with Crippen molar-refractivity contribution in [3.05, 3.63) is 119 Å². The van der Waals surface area contributed by atoms with E-state index >= 15 is 0 Å². The lowest BCUT2D eigenvalue weighted by molar-refractivity contribution is -0.119. The van der Waals surface area contributed by atoms with Gasteiger partial charge in [0.15, 0.2) is 18.2 Å². The molecule has 10 nitrogen and oxygen atoms in total. The van der Waals surface area contributed by atoms with Crippen molar-refractivity contribution in [1.29, 1.82) is 0 Å². The van der Waals surface area contributed by atoms with Gasteiger partial charge >= 0.3 is 5.97 Å². The Labute approximate surface area is 228 Å². The monoisotopic (exact) mass is 555 g/mol. The van der Waals surface area contributed by atoms with Crippen LogP contribution in [0.25, 0.3) is 0 Å². The van der Waals surface area contributed by atoms with Gasteiger partial charge in [-0.3, -0.25) is 19.1 Å². The molecule has 0 unspecified atom stereocenters. The summed E-state index contributed by atoms with van der Waals surface area (Å²) in [4.78, 5) is 51.4. The number of sulfonamides is 1. The van der Waals surface area contributed by atoms with Crippen LogP contribution >= 0.6 is 0 Å². The first kappa shape index (κ1) is 26.3. The Morgan fingerprint density at radius 2 is 1.38 bits per heavy atom. The highest BCUT2D eigenvalue weighted by atomic mass is 32.2. The van der Waals surface area contributed by atoms with Crippen LogP contribution in [0.15, 0.2) is 95.9 Å². The third-order valence-corrected chi connectivity index (χ3v) is 7.48. The number of benzene rings is 4. The van der Waals surface area contributed by atoms with Gasteiger partial charge in [-0.05, 0) is 36.4 Å². The lowest BCUT2D eigenvalue weighted by atomic mass is 9.83. The average molecular weight is 556 g/mol. The van der Waals surface area contributed by atoms with Gasteiger partial charge in [0.2, 0.25) is 0 Å². The van der Waals surface area contributed by atoms with E-state index in [9.17, 15) is 27.6 Å². The highest BCUT2D eigenvalue weighted by Gasteiger charge is 2.31. The number of anilines is 3. The standard InChI is InChI=1S/C29H21N3O7S/c30-17-7-5-8-18(15-17)40(37,38)32-23-13-4-3-11-21(23)29(36)39-16-25(33)31-24-14-6-12-22-26(24)28(35)20-10-2-1-9-19(20)27(22)34/h1-15,32H,16,30H2,(H,31,33). The second-order valence-electron chi connectivity index (χ2n) is 8.78. The number of nitrogens with one attached hydrogen (secondary N) is 2. The van der Waals surface area contributed by atoms with Crippen molar-refractivity contribution in [2.75, 3.05) is 22.4 Å². The highest BCUT2D eigenvalue weighted by Crippen LogP contribution is 2.32. The molecule has 0 spiro atoms. The molecule has 4 aromatic rings. The predicted molar refractivity (Wildman–Crippen MR) is 147 cm³/mol. The number of carbonyl (C=O) groups is 4. The number of carbonyl (C=O) groups excluding carboxylic acids is 4. The Kier molecular flexibility index (Phi) is 6.89. The van der Waals surface area contributed by atoms with Crippen LogP contribution in [0.4, 0.5) is 17.1 Å². The number of amides is 1. The maximum absolute atomic E-state index is 13.1. The van der Waals surface area contributed by atoms with Crippen molar-refractivity contribution in [2.24, 2.45) is 0 Å². The zero-order valence-electron chi connectivity index (χ0n) is 20.7. The molecule has 11 heteroatoms. The van der Waals surface area contributed by atoms with Gasteiger partial charge in [0.25, 0.3) is 15.9 Å². The summed E-state index contributed by atoms with van der Waals surface area (Å²) < 4.78 is 33.1. The number of nitrogen functional groups attached to an aromatic ring is 1. The molecule has 40 heavy (non-hydrogen) atoms. The van der Waals surface area contributed by atoms with E-state index in [1.807, 2.05) is 0 Å². The lowest BCUT2D eigenvalue weighted by Gasteiger charge is -2.20. The molecule has 4 N–H and O–H groups in total. The number of para-hydroxylation sites is 1. The van der Waals surface area contributed by atoms with Crippen LogP contribution in [0.2, 0.25) is 0 Å². The minimum Gasteiger partial charge on any atom is -0.452 e. The molecule has 0 atom stereocenters. The summed E-state index contributed by atoms with van der Waals surface area (Å²) in [6.07, 6.45) is 0. The minimum absolute atomic E-state index is 0.0483. The van der Waals surface area contributed by atoms with Gasteiger partial charge in [0.05, 0.1) is 27.4 Å². The molecule has 0 saturated carbocycles. The molecule has 200 valence electrons. The van der Waals surface area contributed by atoms with Gasteiger partial charge in [-0.15, -0.1) is 0 Å². The number of ether oxygens (including phenoxy) is 1. The largest absolute Gasteiger partial charge is 0.452 e. The number of rotatable bonds is 7. The second kappa shape index (κ2) is 10.5. The number of hydrogen-bond acceptors (Lipinski definition) is 8. The molecule has 1 amide bonds. The van der Waals surface area contributed by atoms with Crippen LogP contribution in [-0.4, -0.2) is 38.5 Å². The average Bonchev–Trinajstić information content (AvgIpc) is 2.94. The first-order valence-electron chi connectivity index (χ1n) is 11.9. The van der Waals surface area contributed by atoms with Crippen molar-refractivity contribution in [2.45, 2.75) is 4.90 Å². The summed E-state index contributed by atoms with van der Waals surface area (Å²) >= 11 is 0. The van der Waals surface area contributed by atoms with Crippen molar-refractivity contribution < 1.29 is 32.3 Å². The van der Waals surface area contributed by atoms with Crippen LogP contribution in [0.3, 0.4) is 0 Å². The highest BCUT2D eigenvalue weighted by molar-refractivity contribution is 7.92. The maximum Gasteiger partial charge on any atom is 0.340 e. The van der Waals surface area contributed by atoms with E-state index in [1.165, 1.54) is 72.8 Å². The van der Waals surface area contributed by atoms with Crippen molar-refractivity contribution in [1.82, 2.24) is 0 Å². The quantitative estimate of drug-likeness (QED) is 0.203. The van der Waals surface area contributed by atoms with Crippen LogP contribution in [0.5, 0.6) is 0 Å². The van der Waals surface area contributed by atoms with Crippen molar-refractivity contribution in [3.63, 3.8) is 0 Å². The van der Waals surface area contributed by atoms with E-state index in [-0.39, 0.29) is 55.6 Å². The smallest absolute Gasteiger partial charge is 0.340 e. The van der Waals surface area contributed by atoms with Gasteiger partial charge in [-0.2, -0.15) is 0 Å². The Balaban J connectivity index is 1.30. The van der Waals surface area contributed by atoms with Crippen LogP contribution in [0.1, 0.15) is 42.2 Å². The molecule has 0 fully saturated rings. The molecule has 0 saturated heterocycles. The SMILES string of the molecule is Nc1cccc(S(=O)(=O)Nc2ccccc2C(=O)OCC(=O)Nc2cccc3c2C(=O)c2ccccc2C3=O)c1. The molecule has 1 aliphatic carbocycles. The fourth-order valence-electron chi connectivity index (χ4n) is 4.28. The van der Waals surface area contributed by atoms with Gasteiger partial charge < -0.3 is 15.8 Å². The van der Waals surface area contributed by atoms with E-state index in [1.54, 1.807) is 18.2 Å². The molecule has 1 aliphatic rings. The molecule has 0 aromatic heterocycles. The van der Waals surface area contributed by atoms with Gasteiger partial charge in [0.1, 0.15) is 0 Å². The van der Waals surface area contributed by atoms with Crippen molar-refractivity contribution >= 4 is 50.5 Å². The van der Waals surface area contributed by atoms with Crippen LogP contribution < -0.4 is 15.8 Å². The summed E-state index contributed by atoms with van der Waals surface area (Å²) in [5, 5.41) is 2.53. The number of ketones is 2. The van der Waals surface area contributed by atoms with Crippen molar-refractivity contribution in [3.8, 4) is 0 Å². The normalized spacial score (nSPS) is 12.2. The fraction of sp³-hybridized carbons (Fsp3) is 0.0345. The summed E-state index contributed by atoms with van der Waals surface area (Å²) in [5.41, 5.74) is 6.55. The molecule has 0 bridgehead atoms. The van der Waals surface area contributed by atoms with E-state index < -0.39 is 34.3 Å². The molecule has 0 heterocycles. The van der Waals surface area contributed by atoms with Gasteiger partial charge in [0, 0.05) is 22.4 Å². The van der Waals surface area contributed by atoms with Crippen LogP contribution in [-0.2, 0) is 19.6 Å². The minimum atomic E-state index is -4.08. The molecule has 5 rings (SSSR count). The molecule has 4 aromatic carbocycles. The first-order chi connectivity index (χ1) is 19.2. The lowest BCUT2D eigenvalue weighted by Crippen LogP contribution is -2.26. The Morgan fingerprint density at radius 3 is 2.12 bits per heavy atom. The van der Waals surface area contributed by atoms with E-state index in [2.05, 4.69) is 10.0 Å². The Hall–Kier alpha value is -5.29. The van der Waals surface area contributed by atoms with Crippen LogP contribution in [0, 0.1) is 0 Å². The summed E-state index contributed by atoms with van der Waals surface area (Å²) in [7, 11) is -4.08. The number of fused-ring (bicyclic) bond motifs is 2. The van der Waals surface area contributed by atoms with E-state index in [0.717, 1.165) is 0 Å². The summed E-state index contributed by atoms with van der Waals surface area (Å²) in [5.74, 6) is -2.49. The molecule has 0 aliphatic heterocycles. The zero-order chi connectivity index (χ0) is 28.4. The number of esters is 1. The van der Waals surface area contributed by atoms with E-state index in [4.69, 9.17) is 10.5 Å². The predicted octanol–water partition coefficient (Wildman–Crippen LogP) is 3.64. The third-order valence-electron chi connectivity index (χ3n) is 6.12. The van der Waals surface area contributed by atoms with E-state index in [0.29, 0.717) is 0 Å². The fourth-order valence-corrected chi connectivity index (χ4v) is 5.41. The summed E-state index contributed by atoms with van der Waals surface area (Å²) in [6.45, 7) is -0.739. The molecule has 0 radical (unpaired) electrons. The third kappa shape index (κ3) is 5.05. The zero-order valence-corrected chi connectivity index (χ0v) is 21.5. The first-order valence-corrected chi connectivity index (χ1v) is 13.4. The topological polar surface area (TPSA) is 162 Å². The van der Waals surface area contributed by atoms with Gasteiger partial charge in [-0.1, -0.05) is 54.6 Å². The molecular weight excluding hydrogens is 534 g/mol. The second-order valence-corrected chi connectivity index (χ2v) is 10.5. The Bertz CT molecular complexity index is 1820. The Morgan fingerprint density at radius 1 is 0.750 bits per heavy atom. The molecular formula is C29H21N3O7S. The number of nitrogens with two attached hydrogens (primary N) is 1. The number of hydrogen-bond donors (Lipinski definition) is 3. The van der Waals surface area contributed by atoms with Gasteiger partial charge in [-0.25, -0.2) is 13.2 Å².